The highest BCUT2D eigenvalue weighted by atomic mass is 14.4. The monoisotopic (exact) mass is 1530 g/mol. The minimum absolute atomic E-state index is 0. The van der Waals surface area contributed by atoms with E-state index in [4.69, 9.17) is 17.8 Å². The van der Waals surface area contributed by atoms with E-state index < -0.39 is 119 Å². The van der Waals surface area contributed by atoms with Crippen LogP contribution in [0.25, 0.3) is 241 Å². The maximum atomic E-state index is 10.8. The quantitative estimate of drug-likeness (QED) is 0.133. The summed E-state index contributed by atoms with van der Waals surface area (Å²) in [6.45, 7) is -2.72. The van der Waals surface area contributed by atoms with Gasteiger partial charge in [-0.05, 0) is 299 Å². The van der Waals surface area contributed by atoms with Gasteiger partial charge in [0.05, 0.1) is 19.2 Å². The van der Waals surface area contributed by atoms with Crippen LogP contribution in [-0.2, 0) is 10.8 Å². The van der Waals surface area contributed by atoms with Gasteiger partial charge in [0.1, 0.15) is 0 Å². The van der Waals surface area contributed by atoms with E-state index in [1.54, 1.807) is 6.07 Å². The van der Waals surface area contributed by atoms with Crippen LogP contribution in [0.1, 0.15) is 84.6 Å². The Bertz CT molecular complexity index is 9410. The summed E-state index contributed by atoms with van der Waals surface area (Å²) in [6, 6.07) is 96.1. The first-order chi connectivity index (χ1) is 66.4. The van der Waals surface area contributed by atoms with Crippen LogP contribution in [-0.4, -0.2) is 0 Å². The molecule has 0 spiro atoms. The van der Waals surface area contributed by atoms with E-state index in [-0.39, 0.29) is 35.1 Å². The largest absolute Gasteiger partial charge is 0.0776 e. The zero-order chi connectivity index (χ0) is 95.2. The van der Waals surface area contributed by atoms with Gasteiger partial charge in [-0.15, -0.1) is 0 Å². The molecule has 0 aromatic heterocycles. The van der Waals surface area contributed by atoms with Gasteiger partial charge in [-0.2, -0.15) is 0 Å². The molecule has 0 amide bonds. The van der Waals surface area contributed by atoms with E-state index in [1.807, 2.05) is 115 Å². The van der Waals surface area contributed by atoms with Gasteiger partial charge < -0.3 is 0 Å². The topological polar surface area (TPSA) is 0 Å². The summed E-state index contributed by atoms with van der Waals surface area (Å²) in [7, 11) is 0. The summed E-state index contributed by atoms with van der Waals surface area (Å²) in [5.74, 6) is 0. The van der Waals surface area contributed by atoms with Crippen molar-refractivity contribution in [2.75, 3.05) is 0 Å². The van der Waals surface area contributed by atoms with E-state index in [0.717, 1.165) is 115 Å². The second-order valence-corrected chi connectivity index (χ2v) is 32.4. The summed E-state index contributed by atoms with van der Waals surface area (Å²) < 4.78 is 187. The first-order valence-corrected chi connectivity index (χ1v) is 40.0. The van der Waals surface area contributed by atoms with Crippen molar-refractivity contribution in [2.45, 2.75) is 45.8 Å². The molecule has 0 saturated heterocycles. The number of rotatable bonds is 8. The summed E-state index contributed by atoms with van der Waals surface area (Å²) in [6.07, 6.45) is 0. The van der Waals surface area contributed by atoms with Crippen LogP contribution in [0.15, 0.2) is 388 Å². The molecule has 0 unspecified atom stereocenters. The van der Waals surface area contributed by atoms with E-state index >= 15 is 0 Å². The third-order valence-corrected chi connectivity index (χ3v) is 25.9. The normalized spacial score (nSPS) is 15.9. The van der Waals surface area contributed by atoms with Crippen LogP contribution >= 0.6 is 0 Å². The third kappa shape index (κ3) is 10.0. The van der Waals surface area contributed by atoms with Crippen molar-refractivity contribution in [1.82, 2.24) is 0 Å². The predicted molar refractivity (Wildman–Crippen MR) is 513 cm³/mol. The van der Waals surface area contributed by atoms with Crippen LogP contribution in [0.2, 0.25) is 0 Å². The average Bonchev–Trinajstić information content (AvgIpc) is 1.50. The lowest BCUT2D eigenvalue weighted by Crippen LogP contribution is -2.14. The first-order valence-electron chi connectivity index (χ1n) is 50.0. The van der Waals surface area contributed by atoms with Crippen LogP contribution in [0.4, 0.5) is 0 Å². The summed E-state index contributed by atoms with van der Waals surface area (Å²) in [4.78, 5) is 0. The maximum absolute atomic E-state index is 10.8. The Morgan fingerprint density at radius 1 is 0.193 bits per heavy atom. The Morgan fingerprint density at radius 3 is 1.05 bits per heavy atom. The molecule has 0 atom stereocenters. The van der Waals surface area contributed by atoms with Gasteiger partial charge in [0.25, 0.3) is 0 Å². The molecule has 2 aliphatic rings. The minimum atomic E-state index is -3.67. The maximum Gasteiger partial charge on any atom is 0.0636 e. The molecule has 0 nitrogen and oxygen atoms in total. The van der Waals surface area contributed by atoms with Gasteiger partial charge in [-0.1, -0.05) is 387 Å². The fourth-order valence-corrected chi connectivity index (χ4v) is 20.4. The van der Waals surface area contributed by atoms with E-state index in [0.29, 0.717) is 34.2 Å². The van der Waals surface area contributed by atoms with Gasteiger partial charge in [-0.25, -0.2) is 0 Å². The number of hydrogen-bond acceptors (Lipinski definition) is 0. The van der Waals surface area contributed by atoms with Crippen LogP contribution in [0, 0.1) is 0 Å². The molecule has 0 heterocycles. The number of hydrogen-bond donors (Lipinski definition) is 0. The Kier molecular flexibility index (Phi) is 11.1. The summed E-state index contributed by atoms with van der Waals surface area (Å²) >= 11 is 0. The molecule has 24 aromatic carbocycles. The number of fused-ring (bicyclic) bond motifs is 6. The van der Waals surface area contributed by atoms with E-state index in [1.165, 1.54) is 82.2 Å². The highest BCUT2D eigenvalue weighted by molar-refractivity contribution is 6.31. The van der Waals surface area contributed by atoms with Gasteiger partial charge in [-0.3, -0.25) is 0 Å². The molecular weight excluding hydrogens is 1430 g/mol. The van der Waals surface area contributed by atoms with Crippen molar-refractivity contribution in [3.63, 3.8) is 0 Å². The molecule has 2 aliphatic carbocycles. The fourth-order valence-electron chi connectivity index (χ4n) is 20.4. The van der Waals surface area contributed by atoms with Gasteiger partial charge >= 0.3 is 0 Å². The standard InChI is InChI=1S/2C59H38.CH4/c2*1-59(2)53-17-7-6-16-45(53)46-29-26-42(32-54(46)59)50-33-49(35-10-4-3-5-11-35)51(43-27-22-40-20-18-36-12-8-14-38-24-30-47(43)57(40)55(36)38)34-52(50)44-28-23-41-21-19-37-13-9-15-39-25-31-48(44)58(41)56(37)39;/h2*3-34H,1-2H3;1H4/i1D3,2D3,3D,4D,5D,6D,7D,10D,11D,16D,17D,26D,29D,32D;33D,34D;. The van der Waals surface area contributed by atoms with Crippen molar-refractivity contribution in [3.8, 4) is 111 Å². The summed E-state index contributed by atoms with van der Waals surface area (Å²) in [5, 5.41) is 25.0. The van der Waals surface area contributed by atoms with Gasteiger partial charge in [0.2, 0.25) is 0 Å². The van der Waals surface area contributed by atoms with E-state index in [9.17, 15) is 9.60 Å². The molecule has 0 saturated carbocycles. The lowest BCUT2D eigenvalue weighted by atomic mass is 9.79. The molecule has 119 heavy (non-hydrogen) atoms. The summed E-state index contributed by atoms with van der Waals surface area (Å²) in [5.41, 5.74) is 6.64. The predicted octanol–water partition coefficient (Wildman–Crippen LogP) is 33.5. The highest BCUT2D eigenvalue weighted by Gasteiger charge is 2.38. The molecule has 0 N–H and O–H groups in total. The van der Waals surface area contributed by atoms with Crippen molar-refractivity contribution in [3.05, 3.63) is 410 Å². The van der Waals surface area contributed by atoms with Gasteiger partial charge in [0.15, 0.2) is 0 Å². The molecule has 0 fully saturated rings. The second-order valence-electron chi connectivity index (χ2n) is 32.4. The Balaban J connectivity index is 0.000000154. The molecule has 0 heteroatoms. The van der Waals surface area contributed by atoms with Gasteiger partial charge in [0, 0.05) is 19.1 Å². The average molecular weight is 1530 g/mol. The zero-order valence-electron chi connectivity index (χ0n) is 83.9. The molecule has 26 rings (SSSR count). The van der Waals surface area contributed by atoms with Crippen LogP contribution in [0.5, 0.6) is 0 Å². The molecule has 24 aromatic rings. The first kappa shape index (κ1) is 51.4. The highest BCUT2D eigenvalue weighted by Crippen LogP contribution is 2.57. The van der Waals surface area contributed by atoms with E-state index in [2.05, 4.69) is 190 Å². The van der Waals surface area contributed by atoms with Crippen molar-refractivity contribution in [2.24, 2.45) is 0 Å². The third-order valence-electron chi connectivity index (χ3n) is 25.9. The SMILES string of the molecule is C.[2H]c1c(-c2ccccc2)c(-c2ccc3ccc4cccc5ccc2c3c45)c([2H])c(-c2ccc3ccc4cccc5ccc2c3c45)c1-c1ccc2c(c1)C(C)(C)c1ccccc1-2.[2H]c1c([2H])c([2H])c(-c2cc(-c3c([2H])c([2H])c4c(c3[2H])C(C([2H])([2H])[2H])(C([2H])([2H])[2H])c3c([2H])c([2H])c([2H])c([2H])c3-4)c(-c3ccc4ccc5cccc6ccc3c4c56)cc2-c2ccc3ccc4cccc5ccc2c3c45)c([2H])c1[2H]. The van der Waals surface area contributed by atoms with Crippen molar-refractivity contribution in [1.29, 1.82) is 0 Å². The minimum Gasteiger partial charge on any atom is -0.0776 e. The van der Waals surface area contributed by atoms with Crippen LogP contribution in [0.3, 0.4) is 0 Å². The lowest BCUT2D eigenvalue weighted by molar-refractivity contribution is 0.660. The molecule has 0 bridgehead atoms. The van der Waals surface area contributed by atoms with Crippen molar-refractivity contribution >= 4 is 129 Å². The molecule has 556 valence electrons. The van der Waals surface area contributed by atoms with Crippen molar-refractivity contribution < 1.29 is 27.4 Å². The smallest absolute Gasteiger partial charge is 0.0636 e. The number of benzene rings is 24. The lowest BCUT2D eigenvalue weighted by Gasteiger charge is -2.24. The molecule has 0 aliphatic heterocycles. The Morgan fingerprint density at radius 2 is 0.563 bits per heavy atom. The molecule has 0 radical (unpaired) electrons. The Hall–Kier alpha value is -14.6. The molecular formula is C119H80. The second kappa shape index (κ2) is 25.7. The fraction of sp³-hybridized carbons (Fsp3) is 0.0588. The van der Waals surface area contributed by atoms with Crippen LogP contribution < -0.4 is 0 Å². The zero-order valence-corrected chi connectivity index (χ0v) is 63.9. The Labute approximate surface area is 720 Å².